The Hall–Kier alpha value is -0.900. The van der Waals surface area contributed by atoms with Gasteiger partial charge in [-0.2, -0.15) is 0 Å². The summed E-state index contributed by atoms with van der Waals surface area (Å²) in [7, 11) is 0. The first kappa shape index (κ1) is 17.9. The largest absolute Gasteiger partial charge is 0.393 e. The summed E-state index contributed by atoms with van der Waals surface area (Å²) in [4.78, 5) is 2.63. The molecule has 3 atom stereocenters. The lowest BCUT2D eigenvalue weighted by Gasteiger charge is -2.46. The average molecular weight is 332 g/mol. The number of piperidine rings is 1. The third-order valence-corrected chi connectivity index (χ3v) is 5.97. The van der Waals surface area contributed by atoms with Gasteiger partial charge in [0.2, 0.25) is 0 Å². The van der Waals surface area contributed by atoms with Gasteiger partial charge in [-0.05, 0) is 49.5 Å². The maximum atomic E-state index is 10.1. The molecular formula is C21H33NO2. The van der Waals surface area contributed by atoms with E-state index in [4.69, 9.17) is 4.74 Å². The fourth-order valence-corrected chi connectivity index (χ4v) is 4.51. The molecule has 0 amide bonds. The standard InChI is InChI=1S/C21H33NO2/c1-16(2)20-9-8-18(23)14-21(20)22-12-10-19(11-13-22)24-15-17-6-4-3-5-7-17/h3-7,16,18-21,23H,8-15H2,1-2H3. The number of aliphatic hydroxyl groups excluding tert-OH is 1. The van der Waals surface area contributed by atoms with E-state index < -0.39 is 0 Å². The van der Waals surface area contributed by atoms with E-state index in [1.807, 2.05) is 6.07 Å². The van der Waals surface area contributed by atoms with Crippen LogP contribution in [0.25, 0.3) is 0 Å². The van der Waals surface area contributed by atoms with E-state index >= 15 is 0 Å². The normalized spacial score (nSPS) is 29.9. The van der Waals surface area contributed by atoms with Crippen LogP contribution in [0.5, 0.6) is 0 Å². The third kappa shape index (κ3) is 4.59. The highest BCUT2D eigenvalue weighted by atomic mass is 16.5. The zero-order valence-corrected chi connectivity index (χ0v) is 15.2. The fraction of sp³-hybridized carbons (Fsp3) is 0.714. The summed E-state index contributed by atoms with van der Waals surface area (Å²) in [5.74, 6) is 1.43. The maximum absolute atomic E-state index is 10.1. The van der Waals surface area contributed by atoms with Gasteiger partial charge in [0, 0.05) is 19.1 Å². The molecule has 0 aromatic heterocycles. The second-order valence-electron chi connectivity index (χ2n) is 7.97. The lowest BCUT2D eigenvalue weighted by atomic mass is 9.75. The first-order valence-electron chi connectivity index (χ1n) is 9.71. The van der Waals surface area contributed by atoms with Gasteiger partial charge >= 0.3 is 0 Å². The molecule has 1 saturated heterocycles. The molecule has 1 aliphatic heterocycles. The molecule has 2 aliphatic rings. The van der Waals surface area contributed by atoms with Crippen LogP contribution in [0.1, 0.15) is 51.5 Å². The minimum absolute atomic E-state index is 0.0999. The molecule has 3 nitrogen and oxygen atoms in total. The van der Waals surface area contributed by atoms with Crippen molar-refractivity contribution in [2.75, 3.05) is 13.1 Å². The van der Waals surface area contributed by atoms with Gasteiger partial charge < -0.3 is 9.84 Å². The van der Waals surface area contributed by atoms with Crippen molar-refractivity contribution in [1.82, 2.24) is 4.90 Å². The van der Waals surface area contributed by atoms with Crippen molar-refractivity contribution in [3.8, 4) is 0 Å². The molecule has 1 aromatic rings. The second-order valence-corrected chi connectivity index (χ2v) is 7.97. The minimum Gasteiger partial charge on any atom is -0.393 e. The molecular weight excluding hydrogens is 298 g/mol. The van der Waals surface area contributed by atoms with E-state index in [-0.39, 0.29) is 6.10 Å². The quantitative estimate of drug-likeness (QED) is 0.889. The highest BCUT2D eigenvalue weighted by Gasteiger charge is 2.36. The number of benzene rings is 1. The summed E-state index contributed by atoms with van der Waals surface area (Å²) in [6, 6.07) is 11.0. The predicted molar refractivity (Wildman–Crippen MR) is 97.8 cm³/mol. The maximum Gasteiger partial charge on any atom is 0.0720 e. The molecule has 1 saturated carbocycles. The molecule has 1 aromatic carbocycles. The van der Waals surface area contributed by atoms with Crippen LogP contribution < -0.4 is 0 Å². The number of aliphatic hydroxyl groups is 1. The lowest BCUT2D eigenvalue weighted by molar-refractivity contribution is -0.0409. The van der Waals surface area contributed by atoms with Crippen LogP contribution in [0.3, 0.4) is 0 Å². The van der Waals surface area contributed by atoms with Crippen LogP contribution in [-0.4, -0.2) is 41.3 Å². The van der Waals surface area contributed by atoms with Crippen molar-refractivity contribution in [3.63, 3.8) is 0 Å². The summed E-state index contributed by atoms with van der Waals surface area (Å²) in [5, 5.41) is 10.1. The minimum atomic E-state index is -0.0999. The molecule has 0 radical (unpaired) electrons. The van der Waals surface area contributed by atoms with E-state index in [1.165, 1.54) is 12.0 Å². The smallest absolute Gasteiger partial charge is 0.0720 e. The van der Waals surface area contributed by atoms with Gasteiger partial charge in [-0.25, -0.2) is 0 Å². The Kier molecular flexibility index (Phi) is 6.31. The van der Waals surface area contributed by atoms with Crippen molar-refractivity contribution >= 4 is 0 Å². The SMILES string of the molecule is CC(C)C1CCC(O)CC1N1CCC(OCc2ccccc2)CC1. The monoisotopic (exact) mass is 331 g/mol. The molecule has 3 rings (SSSR count). The van der Waals surface area contributed by atoms with Gasteiger partial charge in [0.15, 0.2) is 0 Å². The Morgan fingerprint density at radius 1 is 1.08 bits per heavy atom. The van der Waals surface area contributed by atoms with Crippen LogP contribution in [0.4, 0.5) is 0 Å². The number of nitrogens with zero attached hydrogens (tertiary/aromatic N) is 1. The van der Waals surface area contributed by atoms with Crippen LogP contribution in [0.15, 0.2) is 30.3 Å². The zero-order chi connectivity index (χ0) is 16.9. The molecule has 0 bridgehead atoms. The van der Waals surface area contributed by atoms with Gasteiger partial charge in [-0.3, -0.25) is 4.90 Å². The van der Waals surface area contributed by atoms with Gasteiger partial charge in [0.05, 0.1) is 18.8 Å². The molecule has 24 heavy (non-hydrogen) atoms. The van der Waals surface area contributed by atoms with E-state index in [1.54, 1.807) is 0 Å². The summed E-state index contributed by atoms with van der Waals surface area (Å²) < 4.78 is 6.12. The van der Waals surface area contributed by atoms with E-state index in [0.29, 0.717) is 18.1 Å². The molecule has 1 N–H and O–H groups in total. The highest BCUT2D eigenvalue weighted by Crippen LogP contribution is 2.35. The Morgan fingerprint density at radius 2 is 1.79 bits per heavy atom. The number of likely N-dealkylation sites (tertiary alicyclic amines) is 1. The first-order chi connectivity index (χ1) is 11.6. The zero-order valence-electron chi connectivity index (χ0n) is 15.2. The predicted octanol–water partition coefficient (Wildman–Crippen LogP) is 3.85. The van der Waals surface area contributed by atoms with Gasteiger partial charge in [-0.1, -0.05) is 44.2 Å². The van der Waals surface area contributed by atoms with Crippen molar-refractivity contribution < 1.29 is 9.84 Å². The molecule has 2 fully saturated rings. The summed E-state index contributed by atoms with van der Waals surface area (Å²) in [6.07, 6.45) is 5.63. The first-order valence-corrected chi connectivity index (χ1v) is 9.71. The topological polar surface area (TPSA) is 32.7 Å². The lowest BCUT2D eigenvalue weighted by Crippen LogP contribution is -2.51. The molecule has 1 heterocycles. The Bertz CT molecular complexity index is 482. The van der Waals surface area contributed by atoms with E-state index in [9.17, 15) is 5.11 Å². The number of hydrogen-bond donors (Lipinski definition) is 1. The third-order valence-electron chi connectivity index (χ3n) is 5.97. The second kappa shape index (κ2) is 8.46. The molecule has 1 aliphatic carbocycles. The molecule has 134 valence electrons. The van der Waals surface area contributed by atoms with Crippen molar-refractivity contribution in [1.29, 1.82) is 0 Å². The fourth-order valence-electron chi connectivity index (χ4n) is 4.51. The average Bonchev–Trinajstić information content (AvgIpc) is 2.61. The van der Waals surface area contributed by atoms with Crippen molar-refractivity contribution in [2.24, 2.45) is 11.8 Å². The number of rotatable bonds is 5. The Labute approximate surface area is 147 Å². The van der Waals surface area contributed by atoms with E-state index in [0.717, 1.165) is 51.3 Å². The van der Waals surface area contributed by atoms with Crippen molar-refractivity contribution in [3.05, 3.63) is 35.9 Å². The van der Waals surface area contributed by atoms with Gasteiger partial charge in [0.25, 0.3) is 0 Å². The Balaban J connectivity index is 1.48. The Morgan fingerprint density at radius 3 is 2.46 bits per heavy atom. The molecule has 3 heteroatoms. The summed E-state index contributed by atoms with van der Waals surface area (Å²) in [5.41, 5.74) is 1.26. The van der Waals surface area contributed by atoms with Crippen LogP contribution in [-0.2, 0) is 11.3 Å². The van der Waals surface area contributed by atoms with Crippen LogP contribution >= 0.6 is 0 Å². The van der Waals surface area contributed by atoms with Gasteiger partial charge in [-0.15, -0.1) is 0 Å². The molecule has 3 unspecified atom stereocenters. The summed E-state index contributed by atoms with van der Waals surface area (Å²) in [6.45, 7) is 7.62. The van der Waals surface area contributed by atoms with Crippen LogP contribution in [0, 0.1) is 11.8 Å². The summed E-state index contributed by atoms with van der Waals surface area (Å²) >= 11 is 0. The number of ether oxygens (including phenoxy) is 1. The van der Waals surface area contributed by atoms with Crippen LogP contribution in [0.2, 0.25) is 0 Å². The van der Waals surface area contributed by atoms with E-state index in [2.05, 4.69) is 43.0 Å². The van der Waals surface area contributed by atoms with Gasteiger partial charge in [0.1, 0.15) is 0 Å². The van der Waals surface area contributed by atoms with Crippen molar-refractivity contribution in [2.45, 2.75) is 70.8 Å². The number of hydrogen-bond acceptors (Lipinski definition) is 3. The molecule has 0 spiro atoms. The highest BCUT2D eigenvalue weighted by molar-refractivity contribution is 5.13.